The number of halogens is 1. The molecule has 128 valence electrons. The third-order valence-electron chi connectivity index (χ3n) is 3.85. The molecular weight excluding hydrogens is 305 g/mol. The van der Waals surface area contributed by atoms with Gasteiger partial charge in [0.1, 0.15) is 23.1 Å². The lowest BCUT2D eigenvalue weighted by Gasteiger charge is -2.23. The predicted molar refractivity (Wildman–Crippen MR) is 93.1 cm³/mol. The second-order valence-electron chi connectivity index (χ2n) is 7.19. The van der Waals surface area contributed by atoms with Crippen LogP contribution in [-0.2, 0) is 6.42 Å². The highest BCUT2D eigenvalue weighted by Crippen LogP contribution is 2.25. The summed E-state index contributed by atoms with van der Waals surface area (Å²) in [6.45, 7) is 8.04. The van der Waals surface area contributed by atoms with Crippen LogP contribution in [0.4, 0.5) is 10.2 Å². The number of ether oxygens (including phenoxy) is 1. The van der Waals surface area contributed by atoms with Gasteiger partial charge in [-0.25, -0.2) is 9.37 Å². The van der Waals surface area contributed by atoms with Crippen molar-refractivity contribution >= 4 is 5.82 Å². The summed E-state index contributed by atoms with van der Waals surface area (Å²) in [5.41, 5.74) is 0.667. The van der Waals surface area contributed by atoms with E-state index in [9.17, 15) is 4.39 Å². The zero-order valence-corrected chi connectivity index (χ0v) is 14.6. The molecule has 0 radical (unpaired) electrons. The first kappa shape index (κ1) is 16.7. The number of nitrogens with zero attached hydrogens (tertiary/aromatic N) is 3. The Hall–Kier alpha value is -2.17. The van der Waals surface area contributed by atoms with Gasteiger partial charge in [-0.2, -0.15) is 4.98 Å². The second kappa shape index (κ2) is 6.75. The minimum atomic E-state index is -0.316. The summed E-state index contributed by atoms with van der Waals surface area (Å²) in [6, 6.07) is 8.39. The minimum absolute atomic E-state index is 0.234. The Bertz CT molecular complexity index is 689. The van der Waals surface area contributed by atoms with Crippen LogP contribution >= 0.6 is 0 Å². The zero-order chi connectivity index (χ0) is 17.2. The van der Waals surface area contributed by atoms with Crippen LogP contribution in [0.3, 0.4) is 0 Å². The van der Waals surface area contributed by atoms with Crippen LogP contribution in [0.15, 0.2) is 30.3 Å². The molecule has 4 nitrogen and oxygen atoms in total. The first-order valence-corrected chi connectivity index (χ1v) is 8.45. The first-order valence-electron chi connectivity index (χ1n) is 8.45. The van der Waals surface area contributed by atoms with Gasteiger partial charge >= 0.3 is 0 Å². The normalized spacial score (nSPS) is 14.9. The summed E-state index contributed by atoms with van der Waals surface area (Å²) in [5.74, 6) is 1.97. The molecule has 1 aliphatic rings. The topological polar surface area (TPSA) is 38.2 Å². The lowest BCUT2D eigenvalue weighted by Crippen LogP contribution is -2.25. The van der Waals surface area contributed by atoms with E-state index in [4.69, 9.17) is 9.72 Å². The Kier molecular flexibility index (Phi) is 4.69. The Morgan fingerprint density at radius 3 is 2.38 bits per heavy atom. The molecule has 0 atom stereocenters. The van der Waals surface area contributed by atoms with Crippen molar-refractivity contribution in [1.82, 2.24) is 9.97 Å². The summed E-state index contributed by atoms with van der Waals surface area (Å²) < 4.78 is 19.0. The fourth-order valence-electron chi connectivity index (χ4n) is 2.80. The molecule has 1 fully saturated rings. The third kappa shape index (κ3) is 4.43. The number of anilines is 1. The molecule has 0 amide bonds. The van der Waals surface area contributed by atoms with Gasteiger partial charge in [-0.1, -0.05) is 12.1 Å². The lowest BCUT2D eigenvalue weighted by molar-refractivity contribution is 0.123. The van der Waals surface area contributed by atoms with Crippen molar-refractivity contribution < 1.29 is 9.13 Å². The van der Waals surface area contributed by atoms with Crippen LogP contribution < -0.4 is 9.64 Å². The molecule has 0 unspecified atom stereocenters. The summed E-state index contributed by atoms with van der Waals surface area (Å²) in [6.07, 6.45) is 2.93. The second-order valence-corrected chi connectivity index (χ2v) is 7.19. The molecule has 1 saturated heterocycles. The molecule has 2 heterocycles. The molecule has 24 heavy (non-hydrogen) atoms. The summed E-state index contributed by atoms with van der Waals surface area (Å²) >= 11 is 0. The Labute approximate surface area is 142 Å². The highest BCUT2D eigenvalue weighted by atomic mass is 19.1. The molecule has 1 aromatic heterocycles. The van der Waals surface area contributed by atoms with Crippen molar-refractivity contribution in [2.45, 2.75) is 45.6 Å². The van der Waals surface area contributed by atoms with Crippen molar-refractivity contribution in [2.75, 3.05) is 18.0 Å². The largest absolute Gasteiger partial charge is 0.472 e. The van der Waals surface area contributed by atoms with Gasteiger partial charge in [0.05, 0.1) is 0 Å². The molecule has 2 aromatic rings. The lowest BCUT2D eigenvalue weighted by atomic mass is 10.1. The van der Waals surface area contributed by atoms with Gasteiger partial charge < -0.3 is 9.64 Å². The van der Waals surface area contributed by atoms with Gasteiger partial charge in [-0.05, 0) is 51.3 Å². The van der Waals surface area contributed by atoms with Crippen molar-refractivity contribution in [2.24, 2.45) is 0 Å². The summed E-state index contributed by atoms with van der Waals surface area (Å²) in [5, 5.41) is 0. The minimum Gasteiger partial charge on any atom is -0.472 e. The van der Waals surface area contributed by atoms with E-state index in [1.54, 1.807) is 12.1 Å². The monoisotopic (exact) mass is 329 g/mol. The molecule has 0 aliphatic carbocycles. The van der Waals surface area contributed by atoms with E-state index in [-0.39, 0.29) is 11.4 Å². The smallest absolute Gasteiger partial charge is 0.219 e. The summed E-state index contributed by atoms with van der Waals surface area (Å²) in [7, 11) is 0. The molecule has 3 rings (SSSR count). The van der Waals surface area contributed by atoms with Crippen LogP contribution in [0, 0.1) is 5.82 Å². The summed E-state index contributed by atoms with van der Waals surface area (Å²) in [4.78, 5) is 11.5. The fourth-order valence-corrected chi connectivity index (χ4v) is 2.80. The third-order valence-corrected chi connectivity index (χ3v) is 3.85. The van der Waals surface area contributed by atoms with Crippen molar-refractivity contribution in [3.05, 3.63) is 47.5 Å². The fraction of sp³-hybridized carbons (Fsp3) is 0.474. The number of rotatable bonds is 4. The Balaban J connectivity index is 1.89. The SMILES string of the molecule is CC(C)(C)Oc1cc(N2CCCC2)nc(Cc2ccc(F)cc2)n1. The standard InChI is InChI=1S/C19H24FN3O/c1-19(2,3)24-18-13-17(23-10-4-5-11-23)21-16(22-18)12-14-6-8-15(20)9-7-14/h6-9,13H,4-5,10-12H2,1-3H3. The van der Waals surface area contributed by atoms with Crippen molar-refractivity contribution in [3.63, 3.8) is 0 Å². The number of benzene rings is 1. The van der Waals surface area contributed by atoms with E-state index < -0.39 is 0 Å². The van der Waals surface area contributed by atoms with Crippen LogP contribution in [-0.4, -0.2) is 28.7 Å². The Morgan fingerprint density at radius 2 is 1.75 bits per heavy atom. The number of hydrogen-bond acceptors (Lipinski definition) is 4. The van der Waals surface area contributed by atoms with Gasteiger partial charge in [0.15, 0.2) is 0 Å². The van der Waals surface area contributed by atoms with E-state index in [1.807, 2.05) is 26.8 Å². The molecular formula is C19H24FN3O. The maximum Gasteiger partial charge on any atom is 0.219 e. The number of aromatic nitrogens is 2. The van der Waals surface area contributed by atoms with E-state index in [1.165, 1.54) is 25.0 Å². The van der Waals surface area contributed by atoms with E-state index in [2.05, 4.69) is 9.88 Å². The molecule has 0 saturated carbocycles. The van der Waals surface area contributed by atoms with Crippen molar-refractivity contribution in [3.8, 4) is 5.88 Å². The molecule has 1 aromatic carbocycles. The van der Waals surface area contributed by atoms with Crippen LogP contribution in [0.2, 0.25) is 0 Å². The van der Waals surface area contributed by atoms with Crippen LogP contribution in [0.25, 0.3) is 0 Å². The number of hydrogen-bond donors (Lipinski definition) is 0. The van der Waals surface area contributed by atoms with E-state index >= 15 is 0 Å². The van der Waals surface area contributed by atoms with Crippen molar-refractivity contribution in [1.29, 1.82) is 0 Å². The molecule has 0 spiro atoms. The highest BCUT2D eigenvalue weighted by Gasteiger charge is 2.19. The molecule has 0 bridgehead atoms. The maximum atomic E-state index is 13.1. The maximum absolute atomic E-state index is 13.1. The highest BCUT2D eigenvalue weighted by molar-refractivity contribution is 5.43. The first-order chi connectivity index (χ1) is 11.4. The van der Waals surface area contributed by atoms with E-state index in [0.717, 1.165) is 24.5 Å². The predicted octanol–water partition coefficient (Wildman–Crippen LogP) is 3.98. The Morgan fingerprint density at radius 1 is 1.08 bits per heavy atom. The van der Waals surface area contributed by atoms with Gasteiger partial charge in [0.2, 0.25) is 5.88 Å². The molecule has 1 aliphatic heterocycles. The van der Waals surface area contributed by atoms with Gasteiger partial charge in [0.25, 0.3) is 0 Å². The molecule has 5 heteroatoms. The van der Waals surface area contributed by atoms with Crippen LogP contribution in [0.5, 0.6) is 5.88 Å². The zero-order valence-electron chi connectivity index (χ0n) is 14.6. The average molecular weight is 329 g/mol. The van der Waals surface area contributed by atoms with Gasteiger partial charge in [-0.3, -0.25) is 0 Å². The molecule has 0 N–H and O–H groups in total. The van der Waals surface area contributed by atoms with Gasteiger partial charge in [0, 0.05) is 25.6 Å². The quantitative estimate of drug-likeness (QED) is 0.850. The van der Waals surface area contributed by atoms with Crippen LogP contribution in [0.1, 0.15) is 45.0 Å². The van der Waals surface area contributed by atoms with E-state index in [0.29, 0.717) is 18.1 Å². The average Bonchev–Trinajstić information content (AvgIpc) is 3.02. The van der Waals surface area contributed by atoms with Gasteiger partial charge in [-0.15, -0.1) is 0 Å².